The van der Waals surface area contributed by atoms with Crippen molar-refractivity contribution in [1.82, 2.24) is 9.88 Å². The molecule has 1 aliphatic heterocycles. The first-order valence-electron chi connectivity index (χ1n) is 5.98. The second-order valence-electron chi connectivity index (χ2n) is 4.66. The number of likely N-dealkylation sites (tertiary alicyclic amines) is 1. The Labute approximate surface area is 102 Å². The summed E-state index contributed by atoms with van der Waals surface area (Å²) in [5.41, 5.74) is 1.62. The van der Waals surface area contributed by atoms with Crippen LogP contribution in [0.1, 0.15) is 18.4 Å². The second kappa shape index (κ2) is 5.15. The molecule has 0 radical (unpaired) electrons. The lowest BCUT2D eigenvalue weighted by molar-refractivity contribution is 0.314. The van der Waals surface area contributed by atoms with Crippen LogP contribution in [0.2, 0.25) is 0 Å². The largest absolute Gasteiger partial charge is 0.371 e. The van der Waals surface area contributed by atoms with E-state index in [4.69, 9.17) is 5.26 Å². The van der Waals surface area contributed by atoms with Crippen molar-refractivity contribution in [1.29, 1.82) is 5.26 Å². The molecule has 0 N–H and O–H groups in total. The lowest BCUT2D eigenvalue weighted by Gasteiger charge is -2.27. The molecule has 1 atom stereocenters. The minimum absolute atomic E-state index is 0.590. The Morgan fingerprint density at radius 1 is 1.65 bits per heavy atom. The van der Waals surface area contributed by atoms with Crippen molar-refractivity contribution in [2.45, 2.75) is 18.9 Å². The van der Waals surface area contributed by atoms with Crippen LogP contribution in [-0.4, -0.2) is 43.1 Å². The number of aromatic nitrogens is 1. The maximum absolute atomic E-state index is 9.07. The summed E-state index contributed by atoms with van der Waals surface area (Å²) in [5, 5.41) is 9.07. The molecule has 4 nitrogen and oxygen atoms in total. The molecule has 17 heavy (non-hydrogen) atoms. The number of hydrogen-bond donors (Lipinski definition) is 0. The first kappa shape index (κ1) is 11.9. The predicted molar refractivity (Wildman–Crippen MR) is 67.9 cm³/mol. The molecule has 0 spiro atoms. The van der Waals surface area contributed by atoms with Gasteiger partial charge >= 0.3 is 0 Å². The number of likely N-dealkylation sites (N-methyl/N-ethyl adjacent to an activating group) is 2. The van der Waals surface area contributed by atoms with Crippen LogP contribution in [0.25, 0.3) is 0 Å². The highest BCUT2D eigenvalue weighted by Crippen LogP contribution is 2.21. The number of pyridine rings is 1. The highest BCUT2D eigenvalue weighted by molar-refractivity contribution is 5.57. The highest BCUT2D eigenvalue weighted by Gasteiger charge is 2.22. The van der Waals surface area contributed by atoms with Gasteiger partial charge in [0.15, 0.2) is 0 Å². The molecule has 1 aromatic rings. The average molecular weight is 230 g/mol. The molecular formula is C13H18N4. The van der Waals surface area contributed by atoms with Gasteiger partial charge in [0.25, 0.3) is 0 Å². The molecule has 0 aliphatic carbocycles. The van der Waals surface area contributed by atoms with Crippen molar-refractivity contribution >= 4 is 5.69 Å². The topological polar surface area (TPSA) is 43.2 Å². The Balaban J connectivity index is 2.09. The number of nitrogens with zero attached hydrogens (tertiary/aromatic N) is 4. The van der Waals surface area contributed by atoms with Crippen LogP contribution in [0.3, 0.4) is 0 Å². The van der Waals surface area contributed by atoms with E-state index in [0.29, 0.717) is 11.6 Å². The summed E-state index contributed by atoms with van der Waals surface area (Å²) < 4.78 is 0. The van der Waals surface area contributed by atoms with Crippen molar-refractivity contribution in [2.24, 2.45) is 0 Å². The summed E-state index contributed by atoms with van der Waals surface area (Å²) in [6, 6.07) is 4.57. The SMILES string of the molecule is CN(CC1CCCN1C)c1cnccc1C#N. The van der Waals surface area contributed by atoms with Gasteiger partial charge in [-0.3, -0.25) is 4.98 Å². The maximum atomic E-state index is 9.07. The maximum Gasteiger partial charge on any atom is 0.101 e. The average Bonchev–Trinajstić information content (AvgIpc) is 2.75. The smallest absolute Gasteiger partial charge is 0.101 e. The molecule has 90 valence electrons. The highest BCUT2D eigenvalue weighted by atomic mass is 15.2. The zero-order valence-electron chi connectivity index (χ0n) is 10.4. The van der Waals surface area contributed by atoms with Gasteiger partial charge in [0.2, 0.25) is 0 Å². The normalized spacial score (nSPS) is 20.2. The fourth-order valence-corrected chi connectivity index (χ4v) is 2.41. The first-order chi connectivity index (χ1) is 8.22. The third kappa shape index (κ3) is 2.56. The Bertz CT molecular complexity index is 424. The van der Waals surface area contributed by atoms with Gasteiger partial charge in [0.05, 0.1) is 17.4 Å². The quantitative estimate of drug-likeness (QED) is 0.789. The summed E-state index contributed by atoms with van der Waals surface area (Å²) >= 11 is 0. The second-order valence-corrected chi connectivity index (χ2v) is 4.66. The molecule has 1 aliphatic rings. The molecule has 0 bridgehead atoms. The van der Waals surface area contributed by atoms with E-state index in [0.717, 1.165) is 12.2 Å². The third-order valence-corrected chi connectivity index (χ3v) is 3.49. The molecule has 0 amide bonds. The van der Waals surface area contributed by atoms with Crippen LogP contribution in [0.15, 0.2) is 18.5 Å². The first-order valence-corrected chi connectivity index (χ1v) is 5.98. The van der Waals surface area contributed by atoms with Gasteiger partial charge in [-0.05, 0) is 32.5 Å². The van der Waals surface area contributed by atoms with E-state index >= 15 is 0 Å². The minimum Gasteiger partial charge on any atom is -0.371 e. The van der Waals surface area contributed by atoms with Crippen molar-refractivity contribution in [3.8, 4) is 6.07 Å². The van der Waals surface area contributed by atoms with Crippen LogP contribution >= 0.6 is 0 Å². The minimum atomic E-state index is 0.590. The lowest BCUT2D eigenvalue weighted by Crippen LogP contribution is -2.36. The van der Waals surface area contributed by atoms with E-state index in [1.54, 1.807) is 18.5 Å². The van der Waals surface area contributed by atoms with Crippen LogP contribution in [0, 0.1) is 11.3 Å². The number of hydrogen-bond acceptors (Lipinski definition) is 4. The Morgan fingerprint density at radius 3 is 3.12 bits per heavy atom. The Kier molecular flexibility index (Phi) is 3.60. The van der Waals surface area contributed by atoms with Crippen LogP contribution in [-0.2, 0) is 0 Å². The van der Waals surface area contributed by atoms with Gasteiger partial charge in [-0.15, -0.1) is 0 Å². The van der Waals surface area contributed by atoms with E-state index in [2.05, 4.69) is 27.9 Å². The number of rotatable bonds is 3. The van der Waals surface area contributed by atoms with Crippen molar-refractivity contribution in [2.75, 3.05) is 32.1 Å². The van der Waals surface area contributed by atoms with Gasteiger partial charge in [-0.2, -0.15) is 5.26 Å². The summed E-state index contributed by atoms with van der Waals surface area (Å²) in [7, 11) is 4.20. The Morgan fingerprint density at radius 2 is 2.47 bits per heavy atom. The molecule has 1 unspecified atom stereocenters. The molecule has 2 rings (SSSR count). The van der Waals surface area contributed by atoms with Gasteiger partial charge in [0.1, 0.15) is 6.07 Å². The van der Waals surface area contributed by atoms with Crippen LogP contribution < -0.4 is 4.90 Å². The standard InChI is InChI=1S/C13H18N4/c1-16-7-3-4-12(16)10-17(2)13-9-15-6-5-11(13)8-14/h5-6,9,12H,3-4,7,10H2,1-2H3. The number of nitriles is 1. The number of anilines is 1. The van der Waals surface area contributed by atoms with Crippen molar-refractivity contribution < 1.29 is 0 Å². The summed E-state index contributed by atoms with van der Waals surface area (Å²) in [5.74, 6) is 0. The fourth-order valence-electron chi connectivity index (χ4n) is 2.41. The van der Waals surface area contributed by atoms with E-state index in [1.165, 1.54) is 19.4 Å². The molecule has 1 saturated heterocycles. The third-order valence-electron chi connectivity index (χ3n) is 3.49. The van der Waals surface area contributed by atoms with E-state index < -0.39 is 0 Å². The monoisotopic (exact) mass is 230 g/mol. The zero-order chi connectivity index (χ0) is 12.3. The van der Waals surface area contributed by atoms with E-state index in [9.17, 15) is 0 Å². The van der Waals surface area contributed by atoms with E-state index in [-0.39, 0.29) is 0 Å². The van der Waals surface area contributed by atoms with Gasteiger partial charge in [-0.1, -0.05) is 0 Å². The lowest BCUT2D eigenvalue weighted by atomic mass is 10.2. The van der Waals surface area contributed by atoms with Crippen LogP contribution in [0.5, 0.6) is 0 Å². The summed E-state index contributed by atoms with van der Waals surface area (Å²) in [4.78, 5) is 8.63. The molecule has 1 fully saturated rings. The van der Waals surface area contributed by atoms with Gasteiger partial charge in [-0.25, -0.2) is 0 Å². The van der Waals surface area contributed by atoms with Gasteiger partial charge < -0.3 is 9.80 Å². The summed E-state index contributed by atoms with van der Waals surface area (Å²) in [6.07, 6.45) is 5.95. The van der Waals surface area contributed by atoms with Crippen molar-refractivity contribution in [3.63, 3.8) is 0 Å². The zero-order valence-corrected chi connectivity index (χ0v) is 10.4. The molecular weight excluding hydrogens is 212 g/mol. The molecule has 2 heterocycles. The Hall–Kier alpha value is -1.60. The summed E-state index contributed by atoms with van der Waals surface area (Å²) in [6.45, 7) is 2.13. The molecule has 0 saturated carbocycles. The van der Waals surface area contributed by atoms with Crippen molar-refractivity contribution in [3.05, 3.63) is 24.0 Å². The van der Waals surface area contributed by atoms with E-state index in [1.807, 2.05) is 7.05 Å². The predicted octanol–water partition coefficient (Wildman–Crippen LogP) is 1.48. The van der Waals surface area contributed by atoms with Crippen LogP contribution in [0.4, 0.5) is 5.69 Å². The van der Waals surface area contributed by atoms with Gasteiger partial charge in [0, 0.05) is 25.8 Å². The fraction of sp³-hybridized carbons (Fsp3) is 0.538. The molecule has 1 aromatic heterocycles. The molecule has 0 aromatic carbocycles. The molecule has 4 heteroatoms.